The van der Waals surface area contributed by atoms with Crippen LogP contribution in [0.2, 0.25) is 0 Å². The minimum Gasteiger partial charge on any atom is -0.299 e. The first-order valence-electron chi connectivity index (χ1n) is 7.64. The van der Waals surface area contributed by atoms with Crippen LogP contribution in [0.25, 0.3) is 22.6 Å². The smallest absolute Gasteiger partial charge is 0.276 e. The summed E-state index contributed by atoms with van der Waals surface area (Å²) < 4.78 is 4.58. The Hall–Kier alpha value is -2.50. The zero-order valence-corrected chi connectivity index (χ0v) is 12.1. The van der Waals surface area contributed by atoms with Crippen LogP contribution in [0.1, 0.15) is 43.6 Å². The fourth-order valence-corrected chi connectivity index (χ4v) is 3.20. The first kappa shape index (κ1) is 13.2. The van der Waals surface area contributed by atoms with Gasteiger partial charge in [0.15, 0.2) is 0 Å². The molecule has 0 aliphatic heterocycles. The number of hydrogen-bond acceptors (Lipinski definition) is 5. The lowest BCUT2D eigenvalue weighted by Crippen LogP contribution is -2.11. The van der Waals surface area contributed by atoms with Gasteiger partial charge in [-0.25, -0.2) is 9.61 Å². The van der Waals surface area contributed by atoms with Crippen LogP contribution in [0, 0.1) is 0 Å². The Morgan fingerprint density at radius 2 is 1.82 bits per heavy atom. The Bertz CT molecular complexity index is 844. The lowest BCUT2D eigenvalue weighted by molar-refractivity contribution is 0.314. The number of rotatable bonds is 2. The van der Waals surface area contributed by atoms with Crippen LogP contribution in [0.4, 0.5) is 0 Å². The summed E-state index contributed by atoms with van der Waals surface area (Å²) >= 11 is 0. The predicted octanol–water partition coefficient (Wildman–Crippen LogP) is 3.02. The van der Waals surface area contributed by atoms with E-state index in [0.717, 1.165) is 5.56 Å². The van der Waals surface area contributed by atoms with E-state index >= 15 is 0 Å². The number of nitrogens with zero attached hydrogens (tertiary/aromatic N) is 3. The normalized spacial score (nSPS) is 16.2. The maximum absolute atomic E-state index is 12.1. The molecule has 1 saturated carbocycles. The van der Waals surface area contributed by atoms with E-state index in [4.69, 9.17) is 0 Å². The van der Waals surface area contributed by atoms with E-state index in [-0.39, 0.29) is 11.2 Å². The SMILES string of the molecule is O=c1[nH]c2nonc2nc1-c1ccc(C2CCCCC2)cc1. The molecular weight excluding hydrogens is 280 g/mol. The molecule has 2 heterocycles. The van der Waals surface area contributed by atoms with E-state index in [1.54, 1.807) is 0 Å². The first-order chi connectivity index (χ1) is 10.8. The first-order valence-corrected chi connectivity index (χ1v) is 7.64. The molecule has 0 bridgehead atoms. The van der Waals surface area contributed by atoms with Gasteiger partial charge in [-0.05, 0) is 34.6 Å². The molecule has 22 heavy (non-hydrogen) atoms. The summed E-state index contributed by atoms with van der Waals surface area (Å²) in [7, 11) is 0. The van der Waals surface area contributed by atoms with Crippen molar-refractivity contribution in [2.45, 2.75) is 38.0 Å². The van der Waals surface area contributed by atoms with Crippen molar-refractivity contribution in [2.24, 2.45) is 0 Å². The Labute approximate surface area is 126 Å². The van der Waals surface area contributed by atoms with Crippen LogP contribution in [0.3, 0.4) is 0 Å². The third-order valence-corrected chi connectivity index (χ3v) is 4.40. The summed E-state index contributed by atoms with van der Waals surface area (Å²) in [6, 6.07) is 8.14. The molecule has 0 spiro atoms. The summed E-state index contributed by atoms with van der Waals surface area (Å²) in [5.74, 6) is 0.649. The second-order valence-corrected chi connectivity index (χ2v) is 5.81. The van der Waals surface area contributed by atoms with Gasteiger partial charge in [0.25, 0.3) is 5.56 Å². The monoisotopic (exact) mass is 296 g/mol. The highest BCUT2D eigenvalue weighted by Crippen LogP contribution is 2.33. The van der Waals surface area contributed by atoms with Crippen molar-refractivity contribution in [1.82, 2.24) is 20.3 Å². The van der Waals surface area contributed by atoms with Gasteiger partial charge in [-0.15, -0.1) is 0 Å². The molecule has 1 fully saturated rings. The second kappa shape index (κ2) is 5.36. The molecule has 3 aromatic rings. The molecule has 1 aliphatic rings. The maximum Gasteiger partial charge on any atom is 0.276 e. The van der Waals surface area contributed by atoms with Crippen molar-refractivity contribution >= 4 is 11.3 Å². The van der Waals surface area contributed by atoms with Gasteiger partial charge in [-0.2, -0.15) is 0 Å². The van der Waals surface area contributed by atoms with Crippen molar-refractivity contribution < 1.29 is 4.63 Å². The Morgan fingerprint density at radius 3 is 2.59 bits per heavy atom. The molecular formula is C16H16N4O2. The fraction of sp³-hybridized carbons (Fsp3) is 0.375. The minimum atomic E-state index is -0.284. The summed E-state index contributed by atoms with van der Waals surface area (Å²) in [4.78, 5) is 19.0. The number of benzene rings is 1. The zero-order chi connectivity index (χ0) is 14.9. The van der Waals surface area contributed by atoms with Crippen LogP contribution in [0.5, 0.6) is 0 Å². The largest absolute Gasteiger partial charge is 0.299 e. The quantitative estimate of drug-likeness (QED) is 0.785. The van der Waals surface area contributed by atoms with Crippen molar-refractivity contribution in [3.63, 3.8) is 0 Å². The molecule has 6 nitrogen and oxygen atoms in total. The summed E-state index contributed by atoms with van der Waals surface area (Å²) in [5.41, 5.74) is 2.78. The highest BCUT2D eigenvalue weighted by Gasteiger charge is 2.16. The van der Waals surface area contributed by atoms with Gasteiger partial charge < -0.3 is 0 Å². The summed E-state index contributed by atoms with van der Waals surface area (Å²) in [6.07, 6.45) is 6.48. The van der Waals surface area contributed by atoms with Gasteiger partial charge in [-0.3, -0.25) is 9.78 Å². The molecule has 1 aliphatic carbocycles. The van der Waals surface area contributed by atoms with Gasteiger partial charge in [0.2, 0.25) is 11.3 Å². The van der Waals surface area contributed by atoms with Gasteiger partial charge in [-0.1, -0.05) is 43.5 Å². The number of hydrogen-bond donors (Lipinski definition) is 1. The number of H-pyrrole nitrogens is 1. The highest BCUT2D eigenvalue weighted by molar-refractivity contribution is 5.68. The van der Waals surface area contributed by atoms with Crippen LogP contribution >= 0.6 is 0 Å². The standard InChI is InChI=1S/C16H16N4O2/c21-16-13(17-14-15(18-16)20-22-19-14)12-8-6-11(7-9-12)10-4-2-1-3-5-10/h6-10H,1-5H2,(H,18,20,21). The predicted molar refractivity (Wildman–Crippen MR) is 81.5 cm³/mol. The molecule has 4 rings (SSSR count). The number of aromatic amines is 1. The molecule has 112 valence electrons. The summed E-state index contributed by atoms with van der Waals surface area (Å²) in [6.45, 7) is 0. The van der Waals surface area contributed by atoms with Crippen LogP contribution in [0.15, 0.2) is 33.7 Å². The van der Waals surface area contributed by atoms with Gasteiger partial charge in [0.05, 0.1) is 0 Å². The molecule has 6 heteroatoms. The van der Waals surface area contributed by atoms with Gasteiger partial charge in [0, 0.05) is 5.56 Å². The lowest BCUT2D eigenvalue weighted by Gasteiger charge is -2.22. The maximum atomic E-state index is 12.1. The van der Waals surface area contributed by atoms with Crippen LogP contribution in [-0.2, 0) is 0 Å². The Balaban J connectivity index is 1.69. The van der Waals surface area contributed by atoms with Crippen LogP contribution in [-0.4, -0.2) is 20.3 Å². The van der Waals surface area contributed by atoms with E-state index in [2.05, 4.69) is 37.0 Å². The molecule has 2 aromatic heterocycles. The van der Waals surface area contributed by atoms with E-state index in [9.17, 15) is 4.79 Å². The van der Waals surface area contributed by atoms with Crippen molar-refractivity contribution in [3.05, 3.63) is 40.2 Å². The van der Waals surface area contributed by atoms with Crippen molar-refractivity contribution in [2.75, 3.05) is 0 Å². The summed E-state index contributed by atoms with van der Waals surface area (Å²) in [5, 5.41) is 7.26. The molecule has 0 amide bonds. The number of fused-ring (bicyclic) bond motifs is 1. The molecule has 1 N–H and O–H groups in total. The third-order valence-electron chi connectivity index (χ3n) is 4.40. The Kier molecular flexibility index (Phi) is 3.21. The van der Waals surface area contributed by atoms with E-state index in [1.165, 1.54) is 37.7 Å². The van der Waals surface area contributed by atoms with E-state index < -0.39 is 0 Å². The zero-order valence-electron chi connectivity index (χ0n) is 12.1. The highest BCUT2D eigenvalue weighted by atomic mass is 16.6. The van der Waals surface area contributed by atoms with E-state index in [0.29, 0.717) is 17.3 Å². The lowest BCUT2D eigenvalue weighted by atomic mass is 9.84. The molecule has 0 saturated heterocycles. The average molecular weight is 296 g/mol. The average Bonchev–Trinajstić information content (AvgIpc) is 3.02. The third kappa shape index (κ3) is 2.30. The minimum absolute atomic E-state index is 0.271. The Morgan fingerprint density at radius 1 is 1.05 bits per heavy atom. The van der Waals surface area contributed by atoms with Gasteiger partial charge >= 0.3 is 0 Å². The van der Waals surface area contributed by atoms with Gasteiger partial charge in [0.1, 0.15) is 5.69 Å². The molecule has 0 atom stereocenters. The van der Waals surface area contributed by atoms with Crippen LogP contribution < -0.4 is 5.56 Å². The van der Waals surface area contributed by atoms with Crippen molar-refractivity contribution in [3.8, 4) is 11.3 Å². The van der Waals surface area contributed by atoms with Crippen molar-refractivity contribution in [1.29, 1.82) is 0 Å². The van der Waals surface area contributed by atoms with E-state index in [1.807, 2.05) is 12.1 Å². The molecule has 0 radical (unpaired) electrons. The topological polar surface area (TPSA) is 84.7 Å². The fourth-order valence-electron chi connectivity index (χ4n) is 3.20. The number of aromatic nitrogens is 4. The second-order valence-electron chi connectivity index (χ2n) is 5.81. The number of nitrogens with one attached hydrogen (secondary N) is 1. The molecule has 1 aromatic carbocycles. The molecule has 0 unspecified atom stereocenters.